The molecule has 5 nitrogen and oxygen atoms in total. The molecule has 1 aliphatic carbocycles. The van der Waals surface area contributed by atoms with Crippen LogP contribution in [-0.4, -0.2) is 37.9 Å². The van der Waals surface area contributed by atoms with E-state index in [0.717, 1.165) is 29.7 Å². The largest absolute Gasteiger partial charge is 0.480 e. The van der Waals surface area contributed by atoms with Crippen LogP contribution in [-0.2, 0) is 11.3 Å². The summed E-state index contributed by atoms with van der Waals surface area (Å²) < 4.78 is 2.00. The van der Waals surface area contributed by atoms with E-state index in [0.29, 0.717) is 12.6 Å². The van der Waals surface area contributed by atoms with E-state index >= 15 is 0 Å². The van der Waals surface area contributed by atoms with Gasteiger partial charge >= 0.3 is 5.97 Å². The Morgan fingerprint density at radius 2 is 2.37 bits per heavy atom. The van der Waals surface area contributed by atoms with E-state index in [-0.39, 0.29) is 6.54 Å². The van der Waals surface area contributed by atoms with E-state index in [9.17, 15) is 4.79 Å². The lowest BCUT2D eigenvalue weighted by Gasteiger charge is -2.17. The molecule has 0 saturated heterocycles. The van der Waals surface area contributed by atoms with Gasteiger partial charge in [0, 0.05) is 25.0 Å². The molecule has 2 aromatic rings. The average molecular weight is 259 g/mol. The molecule has 0 amide bonds. The third kappa shape index (κ3) is 2.61. The third-order valence-corrected chi connectivity index (χ3v) is 3.49. The predicted octanol–water partition coefficient (Wildman–Crippen LogP) is 1.69. The van der Waals surface area contributed by atoms with Crippen molar-refractivity contribution in [3.63, 3.8) is 0 Å². The Bertz CT molecular complexity index is 616. The molecule has 100 valence electrons. The summed E-state index contributed by atoms with van der Waals surface area (Å²) in [5, 5.41) is 8.96. The molecule has 5 heteroatoms. The molecule has 1 N–H and O–H groups in total. The van der Waals surface area contributed by atoms with Gasteiger partial charge in [-0.15, -0.1) is 0 Å². The number of fused-ring (bicyclic) bond motifs is 1. The van der Waals surface area contributed by atoms with Crippen molar-refractivity contribution in [2.45, 2.75) is 32.4 Å². The van der Waals surface area contributed by atoms with Crippen molar-refractivity contribution >= 4 is 11.6 Å². The van der Waals surface area contributed by atoms with Crippen LogP contribution in [0.4, 0.5) is 0 Å². The van der Waals surface area contributed by atoms with Gasteiger partial charge < -0.3 is 9.51 Å². The van der Waals surface area contributed by atoms with Gasteiger partial charge in [-0.25, -0.2) is 4.98 Å². The first-order chi connectivity index (χ1) is 9.13. The molecule has 1 saturated carbocycles. The van der Waals surface area contributed by atoms with Gasteiger partial charge in [-0.2, -0.15) is 0 Å². The van der Waals surface area contributed by atoms with Gasteiger partial charge in [0.25, 0.3) is 0 Å². The fourth-order valence-corrected chi connectivity index (χ4v) is 2.42. The minimum absolute atomic E-state index is 0.0948. The molecular weight excluding hydrogens is 242 g/mol. The maximum absolute atomic E-state index is 10.9. The lowest BCUT2D eigenvalue weighted by Crippen LogP contribution is -2.31. The van der Waals surface area contributed by atoms with Crippen molar-refractivity contribution in [2.75, 3.05) is 6.54 Å². The molecule has 0 atom stereocenters. The van der Waals surface area contributed by atoms with Gasteiger partial charge in [-0.3, -0.25) is 9.69 Å². The van der Waals surface area contributed by atoms with Gasteiger partial charge in [0.2, 0.25) is 0 Å². The molecule has 3 rings (SSSR count). The topological polar surface area (TPSA) is 57.8 Å². The SMILES string of the molecule is Cc1cccn2cc(CN(CC(=O)O)C3CC3)nc12. The number of carboxylic acids is 1. The maximum Gasteiger partial charge on any atom is 0.317 e. The predicted molar refractivity (Wildman–Crippen MR) is 71.0 cm³/mol. The van der Waals surface area contributed by atoms with Gasteiger partial charge in [-0.05, 0) is 31.4 Å². The van der Waals surface area contributed by atoms with Crippen molar-refractivity contribution < 1.29 is 9.90 Å². The number of hydrogen-bond donors (Lipinski definition) is 1. The summed E-state index contributed by atoms with van der Waals surface area (Å²) in [5.41, 5.74) is 3.01. The van der Waals surface area contributed by atoms with E-state index < -0.39 is 5.97 Å². The Morgan fingerprint density at radius 1 is 1.58 bits per heavy atom. The van der Waals surface area contributed by atoms with E-state index in [1.165, 1.54) is 0 Å². The Kier molecular flexibility index (Phi) is 2.98. The number of carbonyl (C=O) groups is 1. The number of aryl methyl sites for hydroxylation is 1. The van der Waals surface area contributed by atoms with Crippen LogP contribution in [0.2, 0.25) is 0 Å². The Morgan fingerprint density at radius 3 is 3.00 bits per heavy atom. The minimum atomic E-state index is -0.771. The van der Waals surface area contributed by atoms with Crippen molar-refractivity contribution in [1.82, 2.24) is 14.3 Å². The number of carboxylic acid groups (broad SMARTS) is 1. The fraction of sp³-hybridized carbons (Fsp3) is 0.429. The third-order valence-electron chi connectivity index (χ3n) is 3.49. The van der Waals surface area contributed by atoms with Crippen LogP contribution >= 0.6 is 0 Å². The Labute approximate surface area is 111 Å². The summed E-state index contributed by atoms with van der Waals surface area (Å²) >= 11 is 0. The monoisotopic (exact) mass is 259 g/mol. The molecule has 0 aromatic carbocycles. The number of pyridine rings is 1. The molecule has 0 bridgehead atoms. The van der Waals surface area contributed by atoms with Gasteiger partial charge in [-0.1, -0.05) is 6.07 Å². The summed E-state index contributed by atoms with van der Waals surface area (Å²) in [7, 11) is 0. The second-order valence-electron chi connectivity index (χ2n) is 5.18. The highest BCUT2D eigenvalue weighted by Gasteiger charge is 2.30. The zero-order chi connectivity index (χ0) is 13.4. The second kappa shape index (κ2) is 4.66. The first kappa shape index (κ1) is 12.2. The summed E-state index contributed by atoms with van der Waals surface area (Å²) in [6, 6.07) is 4.44. The van der Waals surface area contributed by atoms with Crippen LogP contribution < -0.4 is 0 Å². The molecule has 1 aliphatic rings. The molecule has 0 aliphatic heterocycles. The van der Waals surface area contributed by atoms with Crippen molar-refractivity contribution in [1.29, 1.82) is 0 Å². The lowest BCUT2D eigenvalue weighted by molar-refractivity contribution is -0.138. The number of aliphatic carboxylic acids is 1. The van der Waals surface area contributed by atoms with Gasteiger partial charge in [0.05, 0.1) is 12.2 Å². The normalized spacial score (nSPS) is 15.3. The van der Waals surface area contributed by atoms with Crippen molar-refractivity contribution in [3.05, 3.63) is 35.8 Å². The standard InChI is InChI=1S/C14H17N3O2/c1-10-3-2-6-16-7-11(15-14(10)16)8-17(9-13(18)19)12-4-5-12/h2-3,6-7,12H,4-5,8-9H2,1H3,(H,18,19). The van der Waals surface area contributed by atoms with Crippen LogP contribution in [0.1, 0.15) is 24.1 Å². The Hall–Kier alpha value is -1.88. The second-order valence-corrected chi connectivity index (χ2v) is 5.18. The van der Waals surface area contributed by atoms with Crippen LogP contribution in [0.5, 0.6) is 0 Å². The van der Waals surface area contributed by atoms with Crippen LogP contribution in [0, 0.1) is 6.92 Å². The molecule has 2 heterocycles. The first-order valence-corrected chi connectivity index (χ1v) is 6.52. The van der Waals surface area contributed by atoms with Crippen molar-refractivity contribution in [2.24, 2.45) is 0 Å². The lowest BCUT2D eigenvalue weighted by atomic mass is 10.3. The molecule has 19 heavy (non-hydrogen) atoms. The van der Waals surface area contributed by atoms with E-state index in [1.54, 1.807) is 0 Å². The molecule has 0 radical (unpaired) electrons. The van der Waals surface area contributed by atoms with Crippen LogP contribution in [0.15, 0.2) is 24.5 Å². The number of hydrogen-bond acceptors (Lipinski definition) is 3. The van der Waals surface area contributed by atoms with E-state index in [4.69, 9.17) is 5.11 Å². The number of rotatable bonds is 5. The Balaban J connectivity index is 1.83. The first-order valence-electron chi connectivity index (χ1n) is 6.52. The average Bonchev–Trinajstić information content (AvgIpc) is 3.10. The summed E-state index contributed by atoms with van der Waals surface area (Å²) in [6.07, 6.45) is 6.15. The summed E-state index contributed by atoms with van der Waals surface area (Å²) in [5.74, 6) is -0.771. The molecule has 1 fully saturated rings. The molecule has 0 spiro atoms. The number of aromatic nitrogens is 2. The molecule has 0 unspecified atom stereocenters. The summed E-state index contributed by atoms with van der Waals surface area (Å²) in [6.45, 7) is 2.73. The van der Waals surface area contributed by atoms with Gasteiger partial charge in [0.15, 0.2) is 0 Å². The fourth-order valence-electron chi connectivity index (χ4n) is 2.42. The maximum atomic E-state index is 10.9. The highest BCUT2D eigenvalue weighted by Crippen LogP contribution is 2.28. The molecular formula is C14H17N3O2. The van der Waals surface area contributed by atoms with Gasteiger partial charge in [0.1, 0.15) is 5.65 Å². The number of imidazole rings is 1. The zero-order valence-electron chi connectivity index (χ0n) is 10.9. The smallest absolute Gasteiger partial charge is 0.317 e. The highest BCUT2D eigenvalue weighted by molar-refractivity contribution is 5.69. The zero-order valence-corrected chi connectivity index (χ0v) is 10.9. The number of nitrogens with zero attached hydrogens (tertiary/aromatic N) is 3. The van der Waals surface area contributed by atoms with E-state index in [2.05, 4.69) is 4.98 Å². The van der Waals surface area contributed by atoms with Crippen LogP contribution in [0.3, 0.4) is 0 Å². The molecule has 2 aromatic heterocycles. The highest BCUT2D eigenvalue weighted by atomic mass is 16.4. The summed E-state index contributed by atoms with van der Waals surface area (Å²) in [4.78, 5) is 17.5. The van der Waals surface area contributed by atoms with Crippen LogP contribution in [0.25, 0.3) is 5.65 Å². The van der Waals surface area contributed by atoms with E-state index in [1.807, 2.05) is 40.8 Å². The van der Waals surface area contributed by atoms with Crippen molar-refractivity contribution in [3.8, 4) is 0 Å². The minimum Gasteiger partial charge on any atom is -0.480 e. The quantitative estimate of drug-likeness (QED) is 0.887.